The van der Waals surface area contributed by atoms with Crippen LogP contribution in [0.3, 0.4) is 0 Å². The van der Waals surface area contributed by atoms with Gasteiger partial charge in [0.2, 0.25) is 0 Å². The summed E-state index contributed by atoms with van der Waals surface area (Å²) >= 11 is 0. The van der Waals surface area contributed by atoms with E-state index in [4.69, 9.17) is 0 Å². The summed E-state index contributed by atoms with van der Waals surface area (Å²) in [5.74, 6) is -8.77. The number of aromatic nitrogens is 2. The zero-order valence-corrected chi connectivity index (χ0v) is 16.1. The third-order valence-corrected chi connectivity index (χ3v) is 5.94. The number of alkyl halides is 7. The molecule has 1 N–H and O–H groups in total. The van der Waals surface area contributed by atoms with Crippen molar-refractivity contribution in [3.8, 4) is 0 Å². The lowest BCUT2D eigenvalue weighted by molar-refractivity contribution is -0.140. The second kappa shape index (κ2) is 6.58. The van der Waals surface area contributed by atoms with Crippen LogP contribution in [0.1, 0.15) is 5.56 Å². The summed E-state index contributed by atoms with van der Waals surface area (Å²) in [6, 6.07) is 3.39. The summed E-state index contributed by atoms with van der Waals surface area (Å²) in [5.41, 5.74) is -1.21. The Morgan fingerprint density at radius 1 is 0.938 bits per heavy atom. The minimum absolute atomic E-state index is 0.00621. The molecule has 5 nitrogen and oxygen atoms in total. The van der Waals surface area contributed by atoms with Crippen LogP contribution < -0.4 is 15.1 Å². The molecular weight excluding hydrogens is 450 g/mol. The van der Waals surface area contributed by atoms with Crippen molar-refractivity contribution in [1.82, 2.24) is 9.97 Å². The first-order chi connectivity index (χ1) is 14.8. The lowest BCUT2D eigenvalue weighted by Crippen LogP contribution is -2.56. The minimum Gasteiger partial charge on any atom is -0.359 e. The molecule has 2 aromatic rings. The summed E-state index contributed by atoms with van der Waals surface area (Å²) in [5, 5.41) is 2.57. The van der Waals surface area contributed by atoms with E-state index in [2.05, 4.69) is 15.3 Å². The van der Waals surface area contributed by atoms with Crippen LogP contribution in [0.25, 0.3) is 0 Å². The molecule has 3 fully saturated rings. The van der Waals surface area contributed by atoms with Crippen molar-refractivity contribution >= 4 is 23.1 Å². The number of rotatable bonds is 4. The zero-order valence-electron chi connectivity index (χ0n) is 16.1. The standard InChI is InChI=1S/C19H15F8N5/c20-13-3-14(28-4-10(13)19(25,26)27)29-15-1-9(32-7-17(21,22)8-32)2-16(30-15)31-5-11-12(6-31)18(11,23)24/h1-4,11-12H,5-8H2,(H,28,29,30). The van der Waals surface area contributed by atoms with Crippen LogP contribution in [0.4, 0.5) is 58.3 Å². The van der Waals surface area contributed by atoms with Crippen LogP contribution in [-0.4, -0.2) is 48.0 Å². The van der Waals surface area contributed by atoms with Gasteiger partial charge in [-0.2, -0.15) is 13.2 Å². The third-order valence-electron chi connectivity index (χ3n) is 5.94. The number of nitrogens with one attached hydrogen (secondary N) is 1. The van der Waals surface area contributed by atoms with Crippen LogP contribution in [0.15, 0.2) is 24.4 Å². The lowest BCUT2D eigenvalue weighted by atomic mass is 10.1. The first-order valence-electron chi connectivity index (χ1n) is 9.61. The largest absolute Gasteiger partial charge is 0.420 e. The van der Waals surface area contributed by atoms with Gasteiger partial charge in [-0.05, 0) is 0 Å². The van der Waals surface area contributed by atoms with Gasteiger partial charge in [0.25, 0.3) is 11.8 Å². The van der Waals surface area contributed by atoms with Crippen LogP contribution >= 0.6 is 0 Å². The van der Waals surface area contributed by atoms with E-state index >= 15 is 0 Å². The fourth-order valence-electron chi connectivity index (χ4n) is 4.14. The van der Waals surface area contributed by atoms with Crippen molar-refractivity contribution in [2.75, 3.05) is 41.3 Å². The molecule has 0 aromatic carbocycles. The molecule has 2 aromatic heterocycles. The van der Waals surface area contributed by atoms with Crippen molar-refractivity contribution in [2.24, 2.45) is 11.8 Å². The Kier molecular flexibility index (Phi) is 4.32. The first-order valence-corrected chi connectivity index (χ1v) is 9.61. The number of nitrogens with zero attached hydrogens (tertiary/aromatic N) is 4. The Morgan fingerprint density at radius 2 is 1.59 bits per heavy atom. The third kappa shape index (κ3) is 3.56. The number of fused-ring (bicyclic) bond motifs is 1. The van der Waals surface area contributed by atoms with E-state index in [1.165, 1.54) is 17.0 Å². The summed E-state index contributed by atoms with van der Waals surface area (Å²) in [6.07, 6.45) is -4.59. The fraction of sp³-hybridized carbons (Fsp3) is 0.474. The highest BCUT2D eigenvalue weighted by Gasteiger charge is 2.71. The lowest BCUT2D eigenvalue weighted by Gasteiger charge is -2.40. The fourth-order valence-corrected chi connectivity index (χ4v) is 4.14. The van der Waals surface area contributed by atoms with E-state index in [1.807, 2.05) is 0 Å². The molecule has 0 spiro atoms. The summed E-state index contributed by atoms with van der Waals surface area (Å²) in [7, 11) is 0. The minimum atomic E-state index is -4.91. The predicted octanol–water partition coefficient (Wildman–Crippen LogP) is 4.53. The van der Waals surface area contributed by atoms with E-state index in [-0.39, 0.29) is 30.5 Å². The second-order valence-corrected chi connectivity index (χ2v) is 8.25. The van der Waals surface area contributed by atoms with Gasteiger partial charge in [-0.15, -0.1) is 0 Å². The Labute approximate surface area is 176 Å². The van der Waals surface area contributed by atoms with E-state index in [0.717, 1.165) is 0 Å². The molecule has 2 atom stereocenters. The van der Waals surface area contributed by atoms with Crippen molar-refractivity contribution < 1.29 is 35.1 Å². The summed E-state index contributed by atoms with van der Waals surface area (Å²) in [6.45, 7) is -1.02. The molecular formula is C19H15F8N5. The maximum Gasteiger partial charge on any atom is 0.420 e. The van der Waals surface area contributed by atoms with Gasteiger partial charge in [-0.1, -0.05) is 0 Å². The summed E-state index contributed by atoms with van der Waals surface area (Å²) in [4.78, 5) is 10.8. The highest BCUT2D eigenvalue weighted by molar-refractivity contribution is 5.67. The molecule has 3 aliphatic rings. The zero-order chi connectivity index (χ0) is 23.1. The number of hydrogen-bond acceptors (Lipinski definition) is 5. The molecule has 172 valence electrons. The molecule has 0 amide bonds. The average molecular weight is 465 g/mol. The molecule has 2 aliphatic heterocycles. The Morgan fingerprint density at radius 3 is 2.16 bits per heavy atom. The van der Waals surface area contributed by atoms with Crippen molar-refractivity contribution in [3.63, 3.8) is 0 Å². The van der Waals surface area contributed by atoms with Gasteiger partial charge in [0.05, 0.1) is 24.9 Å². The van der Waals surface area contributed by atoms with Crippen LogP contribution in [0, 0.1) is 17.7 Å². The SMILES string of the molecule is Fc1cc(Nc2cc(N3CC(F)(F)C3)cc(N3CC4C(C3)C4(F)F)n2)ncc1C(F)(F)F. The molecule has 0 radical (unpaired) electrons. The van der Waals surface area contributed by atoms with E-state index in [9.17, 15) is 35.1 Å². The Bertz CT molecular complexity index is 1050. The van der Waals surface area contributed by atoms with Gasteiger partial charge >= 0.3 is 6.18 Å². The molecule has 2 unspecified atom stereocenters. The van der Waals surface area contributed by atoms with Gasteiger partial charge < -0.3 is 15.1 Å². The molecule has 13 heteroatoms. The number of halogens is 8. The quantitative estimate of drug-likeness (QED) is 0.673. The van der Waals surface area contributed by atoms with Crippen molar-refractivity contribution in [1.29, 1.82) is 0 Å². The normalized spacial score (nSPS) is 25.4. The maximum atomic E-state index is 13.9. The number of anilines is 4. The number of pyridine rings is 2. The first kappa shape index (κ1) is 21.0. The second-order valence-electron chi connectivity index (χ2n) is 8.25. The maximum absolute atomic E-state index is 13.9. The number of piperidine rings is 1. The van der Waals surface area contributed by atoms with Crippen molar-refractivity contribution in [2.45, 2.75) is 18.0 Å². The number of hydrogen-bond donors (Lipinski definition) is 1. The molecule has 1 saturated carbocycles. The van der Waals surface area contributed by atoms with E-state index in [1.54, 1.807) is 4.90 Å². The van der Waals surface area contributed by atoms with Crippen molar-refractivity contribution in [3.05, 3.63) is 35.8 Å². The topological polar surface area (TPSA) is 44.3 Å². The van der Waals surface area contributed by atoms with E-state index < -0.39 is 54.3 Å². The molecule has 2 saturated heterocycles. The molecule has 0 bridgehead atoms. The predicted molar refractivity (Wildman–Crippen MR) is 98.0 cm³/mol. The highest BCUT2D eigenvalue weighted by Crippen LogP contribution is 2.59. The van der Waals surface area contributed by atoms with Gasteiger partial charge in [-0.3, -0.25) is 0 Å². The van der Waals surface area contributed by atoms with Crippen LogP contribution in [0.2, 0.25) is 0 Å². The van der Waals surface area contributed by atoms with Crippen LogP contribution in [0.5, 0.6) is 0 Å². The average Bonchev–Trinajstić information content (AvgIpc) is 3.01. The molecule has 1 aliphatic carbocycles. The monoisotopic (exact) mass is 465 g/mol. The highest BCUT2D eigenvalue weighted by atomic mass is 19.4. The van der Waals surface area contributed by atoms with Gasteiger partial charge in [0, 0.05) is 43.2 Å². The smallest absolute Gasteiger partial charge is 0.359 e. The Balaban J connectivity index is 1.42. The van der Waals surface area contributed by atoms with Crippen LogP contribution in [-0.2, 0) is 6.18 Å². The van der Waals surface area contributed by atoms with Gasteiger partial charge in [0.15, 0.2) is 0 Å². The van der Waals surface area contributed by atoms with Gasteiger partial charge in [0.1, 0.15) is 28.8 Å². The Hall–Kier alpha value is -2.86. The summed E-state index contributed by atoms with van der Waals surface area (Å²) < 4.78 is 106. The van der Waals surface area contributed by atoms with E-state index in [0.29, 0.717) is 18.0 Å². The molecule has 5 rings (SSSR count). The molecule has 32 heavy (non-hydrogen) atoms. The molecule has 4 heterocycles. The van der Waals surface area contributed by atoms with Gasteiger partial charge in [-0.25, -0.2) is 31.9 Å².